The Labute approximate surface area is 140 Å². The highest BCUT2D eigenvalue weighted by atomic mass is 16.2. The Hall–Kier alpha value is -2.37. The van der Waals surface area contributed by atoms with Crippen LogP contribution in [0, 0.1) is 5.41 Å². The minimum atomic E-state index is -0.635. The van der Waals surface area contributed by atoms with Gasteiger partial charge in [-0.1, -0.05) is 32.9 Å². The number of nitrogens with zero attached hydrogens (tertiary/aromatic N) is 2. The highest BCUT2D eigenvalue weighted by Gasteiger charge is 2.31. The molecule has 0 bridgehead atoms. The summed E-state index contributed by atoms with van der Waals surface area (Å²) in [5.74, 6) is -0.681. The summed E-state index contributed by atoms with van der Waals surface area (Å²) in [6, 6.07) is 5.18. The molecule has 0 spiro atoms. The number of fused-ring (bicyclic) bond motifs is 1. The SMILES string of the molecule is Cn1c(=O)n(C2CCC(=O)NC2=O)c2cccc(CC(C)(C)C)c21. The van der Waals surface area contributed by atoms with Crippen molar-refractivity contribution in [3.05, 3.63) is 34.2 Å². The van der Waals surface area contributed by atoms with Gasteiger partial charge in [-0.05, 0) is 29.9 Å². The quantitative estimate of drug-likeness (QED) is 0.855. The number of aryl methyl sites for hydroxylation is 1. The molecule has 6 nitrogen and oxygen atoms in total. The van der Waals surface area contributed by atoms with Crippen LogP contribution in [0.1, 0.15) is 45.2 Å². The van der Waals surface area contributed by atoms with Gasteiger partial charge in [0.15, 0.2) is 0 Å². The van der Waals surface area contributed by atoms with Crippen molar-refractivity contribution in [2.45, 2.75) is 46.1 Å². The van der Waals surface area contributed by atoms with Crippen LogP contribution in [-0.4, -0.2) is 20.9 Å². The van der Waals surface area contributed by atoms with Crippen LogP contribution >= 0.6 is 0 Å². The summed E-state index contributed by atoms with van der Waals surface area (Å²) in [4.78, 5) is 36.4. The van der Waals surface area contributed by atoms with Crippen molar-refractivity contribution in [3.63, 3.8) is 0 Å². The third-order valence-electron chi connectivity index (χ3n) is 4.43. The van der Waals surface area contributed by atoms with E-state index < -0.39 is 11.9 Å². The number of amides is 2. The van der Waals surface area contributed by atoms with Gasteiger partial charge in [-0.15, -0.1) is 0 Å². The average molecular weight is 329 g/mol. The van der Waals surface area contributed by atoms with Crippen molar-refractivity contribution < 1.29 is 9.59 Å². The fourth-order valence-electron chi connectivity index (χ4n) is 3.46. The Morgan fingerprint density at radius 2 is 1.92 bits per heavy atom. The first-order valence-corrected chi connectivity index (χ1v) is 8.21. The topological polar surface area (TPSA) is 73.1 Å². The second-order valence-electron chi connectivity index (χ2n) is 7.70. The summed E-state index contributed by atoms with van der Waals surface area (Å²) >= 11 is 0. The van der Waals surface area contributed by atoms with E-state index in [2.05, 4.69) is 26.1 Å². The number of imide groups is 1. The molecular weight excluding hydrogens is 306 g/mol. The van der Waals surface area contributed by atoms with Gasteiger partial charge in [0, 0.05) is 13.5 Å². The van der Waals surface area contributed by atoms with E-state index in [0.29, 0.717) is 6.42 Å². The number of rotatable bonds is 2. The smallest absolute Gasteiger partial charge is 0.295 e. The zero-order chi connectivity index (χ0) is 17.6. The Morgan fingerprint density at radius 3 is 2.54 bits per heavy atom. The van der Waals surface area contributed by atoms with Crippen molar-refractivity contribution in [1.82, 2.24) is 14.5 Å². The molecule has 1 unspecified atom stereocenters. The Kier molecular flexibility index (Phi) is 3.86. The third-order valence-corrected chi connectivity index (χ3v) is 4.43. The van der Waals surface area contributed by atoms with E-state index in [0.717, 1.165) is 23.0 Å². The van der Waals surface area contributed by atoms with Gasteiger partial charge < -0.3 is 0 Å². The van der Waals surface area contributed by atoms with E-state index in [1.165, 1.54) is 4.57 Å². The number of aromatic nitrogens is 2. The molecule has 2 aromatic rings. The van der Waals surface area contributed by atoms with E-state index in [1.807, 2.05) is 18.2 Å². The Morgan fingerprint density at radius 1 is 1.21 bits per heavy atom. The Bertz CT molecular complexity index is 883. The van der Waals surface area contributed by atoms with Crippen LogP contribution in [0.25, 0.3) is 11.0 Å². The largest absolute Gasteiger partial charge is 0.329 e. The van der Waals surface area contributed by atoms with Crippen molar-refractivity contribution in [1.29, 1.82) is 0 Å². The molecule has 2 heterocycles. The van der Waals surface area contributed by atoms with Crippen LogP contribution in [-0.2, 0) is 23.1 Å². The van der Waals surface area contributed by atoms with E-state index >= 15 is 0 Å². The molecule has 6 heteroatoms. The standard InChI is InChI=1S/C18H23N3O3/c1-18(2,3)10-11-6-5-7-12-15(11)20(4)17(24)21(12)13-8-9-14(22)19-16(13)23/h5-7,13H,8-10H2,1-4H3,(H,19,22,23). The van der Waals surface area contributed by atoms with Gasteiger partial charge in [-0.25, -0.2) is 4.79 Å². The molecule has 0 radical (unpaired) electrons. The van der Waals surface area contributed by atoms with Gasteiger partial charge in [0.05, 0.1) is 11.0 Å². The molecule has 3 rings (SSSR count). The molecule has 2 amide bonds. The molecule has 1 atom stereocenters. The average Bonchev–Trinajstić information content (AvgIpc) is 2.71. The summed E-state index contributed by atoms with van der Waals surface area (Å²) in [6.45, 7) is 6.46. The maximum Gasteiger partial charge on any atom is 0.329 e. The monoisotopic (exact) mass is 329 g/mol. The van der Waals surface area contributed by atoms with E-state index in [-0.39, 0.29) is 23.4 Å². The lowest BCUT2D eigenvalue weighted by Crippen LogP contribution is -2.44. The number of hydrogen-bond donors (Lipinski definition) is 1. The van der Waals surface area contributed by atoms with Gasteiger partial charge in [0.25, 0.3) is 0 Å². The molecule has 0 saturated carbocycles. The van der Waals surface area contributed by atoms with Gasteiger partial charge in [-0.3, -0.25) is 24.0 Å². The summed E-state index contributed by atoms with van der Waals surface area (Å²) in [6.07, 6.45) is 1.44. The van der Waals surface area contributed by atoms with E-state index in [4.69, 9.17) is 0 Å². The molecule has 1 aliphatic rings. The summed E-state index contributed by atoms with van der Waals surface area (Å²) in [5, 5.41) is 2.34. The summed E-state index contributed by atoms with van der Waals surface area (Å²) < 4.78 is 3.14. The van der Waals surface area contributed by atoms with Crippen molar-refractivity contribution in [2.24, 2.45) is 12.5 Å². The molecule has 1 fully saturated rings. The number of carbonyl (C=O) groups excluding carboxylic acids is 2. The third kappa shape index (κ3) is 2.77. The van der Waals surface area contributed by atoms with Crippen LogP contribution < -0.4 is 11.0 Å². The molecule has 1 N–H and O–H groups in total. The molecule has 1 aromatic heterocycles. The number of piperidine rings is 1. The number of nitrogens with one attached hydrogen (secondary N) is 1. The van der Waals surface area contributed by atoms with Crippen LogP contribution in [0.5, 0.6) is 0 Å². The highest BCUT2D eigenvalue weighted by Crippen LogP contribution is 2.28. The van der Waals surface area contributed by atoms with E-state index in [9.17, 15) is 14.4 Å². The first kappa shape index (κ1) is 16.5. The molecule has 1 saturated heterocycles. The van der Waals surface area contributed by atoms with Gasteiger partial charge >= 0.3 is 5.69 Å². The maximum atomic E-state index is 12.8. The van der Waals surface area contributed by atoms with Crippen LogP contribution in [0.2, 0.25) is 0 Å². The molecule has 128 valence electrons. The lowest BCUT2D eigenvalue weighted by atomic mass is 9.87. The van der Waals surface area contributed by atoms with Crippen LogP contribution in [0.4, 0.5) is 0 Å². The second-order valence-corrected chi connectivity index (χ2v) is 7.70. The first-order valence-electron chi connectivity index (χ1n) is 8.21. The molecule has 1 aromatic carbocycles. The van der Waals surface area contributed by atoms with Crippen molar-refractivity contribution in [3.8, 4) is 0 Å². The minimum Gasteiger partial charge on any atom is -0.295 e. The normalized spacial score (nSPS) is 18.9. The fraction of sp³-hybridized carbons (Fsp3) is 0.500. The second kappa shape index (κ2) is 5.61. The zero-order valence-corrected chi connectivity index (χ0v) is 14.5. The lowest BCUT2D eigenvalue weighted by Gasteiger charge is -2.22. The van der Waals surface area contributed by atoms with Crippen molar-refractivity contribution >= 4 is 22.8 Å². The lowest BCUT2D eigenvalue weighted by molar-refractivity contribution is -0.135. The van der Waals surface area contributed by atoms with Gasteiger partial charge in [-0.2, -0.15) is 0 Å². The molecule has 0 aliphatic carbocycles. The molecular formula is C18H23N3O3. The predicted molar refractivity (Wildman–Crippen MR) is 91.8 cm³/mol. The first-order chi connectivity index (χ1) is 11.2. The Balaban J connectivity index is 2.19. The van der Waals surface area contributed by atoms with Gasteiger partial charge in [0.2, 0.25) is 11.8 Å². The summed E-state index contributed by atoms with van der Waals surface area (Å²) in [7, 11) is 1.74. The van der Waals surface area contributed by atoms with Crippen LogP contribution in [0.15, 0.2) is 23.0 Å². The number of carbonyl (C=O) groups is 2. The number of imidazole rings is 1. The number of hydrogen-bond acceptors (Lipinski definition) is 3. The zero-order valence-electron chi connectivity index (χ0n) is 14.5. The highest BCUT2D eigenvalue weighted by molar-refractivity contribution is 6.00. The molecule has 1 aliphatic heterocycles. The summed E-state index contributed by atoms with van der Waals surface area (Å²) in [5.41, 5.74) is 2.56. The fourth-order valence-corrected chi connectivity index (χ4v) is 3.46. The predicted octanol–water partition coefficient (Wildman–Crippen LogP) is 1.91. The number of para-hydroxylation sites is 1. The van der Waals surface area contributed by atoms with Crippen LogP contribution in [0.3, 0.4) is 0 Å². The molecule has 24 heavy (non-hydrogen) atoms. The van der Waals surface area contributed by atoms with Crippen molar-refractivity contribution in [2.75, 3.05) is 0 Å². The van der Waals surface area contributed by atoms with E-state index in [1.54, 1.807) is 11.6 Å². The van der Waals surface area contributed by atoms with Gasteiger partial charge in [0.1, 0.15) is 6.04 Å². The minimum absolute atomic E-state index is 0.0844. The number of benzene rings is 1. The maximum absolute atomic E-state index is 12.8.